The number of carbonyl (C=O) groups excluding carboxylic acids is 3. The summed E-state index contributed by atoms with van der Waals surface area (Å²) in [7, 11) is 3.57. The average Bonchev–Trinajstić information content (AvgIpc) is 3.56. The third-order valence-corrected chi connectivity index (χ3v) is 6.01. The van der Waals surface area contributed by atoms with E-state index >= 15 is 0 Å². The number of thiazole rings is 1. The number of benzene rings is 1. The van der Waals surface area contributed by atoms with Crippen molar-refractivity contribution in [1.29, 1.82) is 0 Å². The number of pyridine rings is 1. The monoisotopic (exact) mass is 519 g/mol. The number of aromatic nitrogens is 3. The molecule has 3 N–H and O–H groups in total. The van der Waals surface area contributed by atoms with Gasteiger partial charge in [-0.1, -0.05) is 18.2 Å². The molecule has 0 saturated heterocycles. The van der Waals surface area contributed by atoms with E-state index < -0.39 is 0 Å². The maximum absolute atomic E-state index is 11.7. The fourth-order valence-corrected chi connectivity index (χ4v) is 3.94. The molecule has 0 saturated carbocycles. The largest absolute Gasteiger partial charge is 0.350 e. The van der Waals surface area contributed by atoms with Gasteiger partial charge in [-0.25, -0.2) is 9.97 Å². The number of hydrogen-bond donors (Lipinski definition) is 3. The van der Waals surface area contributed by atoms with Gasteiger partial charge >= 0.3 is 0 Å². The average molecular weight is 520 g/mol. The summed E-state index contributed by atoms with van der Waals surface area (Å²) in [6, 6.07) is 13.6. The van der Waals surface area contributed by atoms with E-state index in [1.165, 1.54) is 28.7 Å². The molecule has 0 fully saturated rings. The number of amides is 3. The van der Waals surface area contributed by atoms with E-state index in [0.717, 1.165) is 22.4 Å². The Hall–Kier alpha value is -4.51. The van der Waals surface area contributed by atoms with Crippen LogP contribution in [-0.4, -0.2) is 53.5 Å². The van der Waals surface area contributed by atoms with Crippen molar-refractivity contribution >= 4 is 40.5 Å². The number of nitrogens with one attached hydrogen (secondary N) is 3. The Balaban J connectivity index is 0.000000405. The van der Waals surface area contributed by atoms with Gasteiger partial charge in [0.15, 0.2) is 5.13 Å². The van der Waals surface area contributed by atoms with Crippen molar-refractivity contribution in [2.75, 3.05) is 36.3 Å². The summed E-state index contributed by atoms with van der Waals surface area (Å²) in [6.45, 7) is 3.45. The van der Waals surface area contributed by atoms with Gasteiger partial charge in [0, 0.05) is 50.6 Å². The lowest BCUT2D eigenvalue weighted by molar-refractivity contribution is -0.118. The first-order chi connectivity index (χ1) is 17.8. The minimum Gasteiger partial charge on any atom is -0.350 e. The zero-order valence-electron chi connectivity index (χ0n) is 21.1. The van der Waals surface area contributed by atoms with Crippen LogP contribution in [0.25, 0.3) is 22.4 Å². The highest BCUT2D eigenvalue weighted by Gasteiger charge is 2.11. The standard InChI is InChI=1S/C20H19N5O3S.C6H10N2/c1-13(27)25(2)18-9-15(6-7-22-18)14-4-3-5-16(8-14)17-11-29-20(23-17)24-19(28)10-21-12-26;1-6-3-4-8(5-6)7-2/h3-9,11-12H,10H2,1-2H3,(H,21,26)(H,23,24,28);3-5,7H,1-2H3. The molecular formula is C26H29N7O3S. The summed E-state index contributed by atoms with van der Waals surface area (Å²) < 4.78 is 1.91. The Bertz CT molecular complexity index is 1370. The minimum atomic E-state index is -0.342. The molecule has 11 heteroatoms. The van der Waals surface area contributed by atoms with Crippen LogP contribution in [0.1, 0.15) is 12.5 Å². The maximum Gasteiger partial charge on any atom is 0.245 e. The zero-order chi connectivity index (χ0) is 26.8. The molecule has 4 rings (SSSR count). The lowest BCUT2D eigenvalue weighted by Gasteiger charge is -2.14. The Labute approximate surface area is 219 Å². The predicted octanol–water partition coefficient (Wildman–Crippen LogP) is 3.51. The van der Waals surface area contributed by atoms with Gasteiger partial charge in [0.1, 0.15) is 5.82 Å². The molecule has 0 radical (unpaired) electrons. The molecule has 0 unspecified atom stereocenters. The molecule has 3 aromatic heterocycles. The van der Waals surface area contributed by atoms with Crippen LogP contribution in [0.3, 0.4) is 0 Å². The van der Waals surface area contributed by atoms with Gasteiger partial charge in [0.2, 0.25) is 18.2 Å². The number of rotatable bonds is 8. The van der Waals surface area contributed by atoms with Gasteiger partial charge in [-0.3, -0.25) is 19.1 Å². The van der Waals surface area contributed by atoms with E-state index in [1.54, 1.807) is 13.2 Å². The van der Waals surface area contributed by atoms with Gasteiger partial charge in [-0.05, 0) is 47.9 Å². The van der Waals surface area contributed by atoms with Crippen LogP contribution in [0.4, 0.5) is 10.9 Å². The Morgan fingerprint density at radius 2 is 1.89 bits per heavy atom. The molecule has 0 atom stereocenters. The molecule has 0 spiro atoms. The third-order valence-electron chi connectivity index (χ3n) is 5.25. The van der Waals surface area contributed by atoms with Gasteiger partial charge in [0.05, 0.1) is 12.2 Å². The van der Waals surface area contributed by atoms with Crippen molar-refractivity contribution in [2.45, 2.75) is 13.8 Å². The van der Waals surface area contributed by atoms with Crippen molar-refractivity contribution in [3.8, 4) is 22.4 Å². The van der Waals surface area contributed by atoms with Crippen molar-refractivity contribution in [1.82, 2.24) is 20.0 Å². The molecule has 1 aromatic carbocycles. The second kappa shape index (κ2) is 13.0. The summed E-state index contributed by atoms with van der Waals surface area (Å²) in [5, 5.41) is 7.26. The molecule has 0 aliphatic heterocycles. The fraction of sp³-hybridized carbons (Fsp3) is 0.192. The predicted molar refractivity (Wildman–Crippen MR) is 147 cm³/mol. The van der Waals surface area contributed by atoms with Crippen LogP contribution < -0.4 is 21.0 Å². The van der Waals surface area contributed by atoms with E-state index in [-0.39, 0.29) is 18.4 Å². The van der Waals surface area contributed by atoms with Gasteiger partial charge in [-0.15, -0.1) is 11.3 Å². The minimum absolute atomic E-state index is 0.0937. The normalized spacial score (nSPS) is 10.1. The summed E-state index contributed by atoms with van der Waals surface area (Å²) >= 11 is 1.30. The molecular weight excluding hydrogens is 490 g/mol. The second-order valence-electron chi connectivity index (χ2n) is 7.97. The first-order valence-corrected chi connectivity index (χ1v) is 12.2. The molecule has 0 bridgehead atoms. The summed E-state index contributed by atoms with van der Waals surface area (Å²) in [4.78, 5) is 43.7. The second-order valence-corrected chi connectivity index (χ2v) is 8.82. The molecule has 0 aliphatic carbocycles. The van der Waals surface area contributed by atoms with Crippen LogP contribution >= 0.6 is 11.3 Å². The Kier molecular flexibility index (Phi) is 9.50. The van der Waals surface area contributed by atoms with E-state index in [0.29, 0.717) is 17.4 Å². The molecule has 3 amide bonds. The number of carbonyl (C=O) groups is 3. The molecule has 4 aromatic rings. The lowest BCUT2D eigenvalue weighted by atomic mass is 10.0. The third kappa shape index (κ3) is 7.74. The highest BCUT2D eigenvalue weighted by Crippen LogP contribution is 2.29. The van der Waals surface area contributed by atoms with E-state index in [4.69, 9.17) is 0 Å². The summed E-state index contributed by atoms with van der Waals surface area (Å²) in [5.74, 6) is 0.137. The van der Waals surface area contributed by atoms with E-state index in [1.807, 2.05) is 65.9 Å². The first kappa shape index (κ1) is 27.1. The highest BCUT2D eigenvalue weighted by molar-refractivity contribution is 7.14. The van der Waals surface area contributed by atoms with Crippen LogP contribution in [0, 0.1) is 6.92 Å². The van der Waals surface area contributed by atoms with Crippen LogP contribution in [0.2, 0.25) is 0 Å². The van der Waals surface area contributed by atoms with Gasteiger partial charge in [0.25, 0.3) is 0 Å². The SMILES string of the molecule is CC(=O)N(C)c1cc(-c2cccc(-c3csc(NC(=O)CNC=O)n3)c2)ccn1.CNn1ccc(C)c1. The first-order valence-electron chi connectivity index (χ1n) is 11.4. The van der Waals surface area contributed by atoms with Crippen LogP contribution in [0.5, 0.6) is 0 Å². The van der Waals surface area contributed by atoms with Crippen molar-refractivity contribution in [2.24, 2.45) is 0 Å². The fourth-order valence-electron chi connectivity index (χ4n) is 3.20. The molecule has 37 heavy (non-hydrogen) atoms. The number of nitrogens with zero attached hydrogens (tertiary/aromatic N) is 4. The number of anilines is 2. The highest BCUT2D eigenvalue weighted by atomic mass is 32.1. The molecule has 3 heterocycles. The van der Waals surface area contributed by atoms with Gasteiger partial charge < -0.3 is 21.0 Å². The topological polar surface area (TPSA) is 121 Å². The van der Waals surface area contributed by atoms with Crippen LogP contribution in [-0.2, 0) is 14.4 Å². The maximum atomic E-state index is 11.7. The van der Waals surface area contributed by atoms with E-state index in [2.05, 4.69) is 39.0 Å². The van der Waals surface area contributed by atoms with Crippen LogP contribution in [0.15, 0.2) is 66.4 Å². The number of hydrogen-bond acceptors (Lipinski definition) is 7. The molecule has 10 nitrogen and oxygen atoms in total. The smallest absolute Gasteiger partial charge is 0.245 e. The van der Waals surface area contributed by atoms with Crippen molar-refractivity contribution in [3.63, 3.8) is 0 Å². The van der Waals surface area contributed by atoms with Gasteiger partial charge in [-0.2, -0.15) is 0 Å². The molecule has 0 aliphatic rings. The summed E-state index contributed by atoms with van der Waals surface area (Å²) in [6.07, 6.45) is 6.15. The van der Waals surface area contributed by atoms with Crippen molar-refractivity contribution < 1.29 is 14.4 Å². The van der Waals surface area contributed by atoms with E-state index in [9.17, 15) is 14.4 Å². The van der Waals surface area contributed by atoms with Crippen molar-refractivity contribution in [3.05, 3.63) is 72.0 Å². The zero-order valence-corrected chi connectivity index (χ0v) is 21.9. The number of aryl methyl sites for hydroxylation is 1. The Morgan fingerprint density at radius 1 is 1.14 bits per heavy atom. The quantitative estimate of drug-likeness (QED) is 0.306. The summed E-state index contributed by atoms with van der Waals surface area (Å²) in [5.41, 5.74) is 7.74. The molecule has 192 valence electrons. The lowest BCUT2D eigenvalue weighted by Crippen LogP contribution is -2.26. The Morgan fingerprint density at radius 3 is 2.54 bits per heavy atom.